The Bertz CT molecular complexity index is 2890. The molecule has 66 heavy (non-hydrogen) atoms. The molecule has 0 radical (unpaired) electrons. The van der Waals surface area contributed by atoms with Gasteiger partial charge in [0.15, 0.2) is 0 Å². The van der Waals surface area contributed by atoms with Gasteiger partial charge in [0.2, 0.25) is 11.8 Å². The van der Waals surface area contributed by atoms with Crippen molar-refractivity contribution >= 4 is 69.6 Å². The molecule has 6 aromatic rings. The van der Waals surface area contributed by atoms with E-state index in [0.717, 1.165) is 34.2 Å². The fourth-order valence-corrected chi connectivity index (χ4v) is 10.3. The second kappa shape index (κ2) is 19.8. The molecule has 0 saturated carbocycles. The third kappa shape index (κ3) is 9.19. The molecule has 0 fully saturated rings. The number of H-pyrrole nitrogens is 2. The number of carbonyl (C=O) groups excluding carboxylic acids is 2. The fourth-order valence-electron chi connectivity index (χ4n) is 8.74. The molecule has 0 saturated heterocycles. The minimum absolute atomic E-state index is 0.0598. The van der Waals surface area contributed by atoms with Crippen molar-refractivity contribution in [1.82, 2.24) is 20.4 Å². The second-order valence-corrected chi connectivity index (χ2v) is 17.2. The molecule has 0 aliphatic heterocycles. The third-order valence-electron chi connectivity index (χ3n) is 11.9. The number of ether oxygens (including phenoxy) is 4. The number of rotatable bonds is 14. The van der Waals surface area contributed by atoms with Crippen LogP contribution in [-0.2, 0) is 35.3 Å². The number of nitrogens with one attached hydrogen (secondary N) is 4. The third-order valence-corrected chi connectivity index (χ3v) is 13.4. The summed E-state index contributed by atoms with van der Waals surface area (Å²) in [4.78, 5) is 25.4. The average molecular weight is 979 g/mol. The average Bonchev–Trinajstić information content (AvgIpc) is 3.93. The highest BCUT2D eigenvalue weighted by Crippen LogP contribution is 2.50. The van der Waals surface area contributed by atoms with Crippen LogP contribution in [-0.4, -0.2) is 60.1 Å². The summed E-state index contributed by atoms with van der Waals surface area (Å²) in [6.07, 6.45) is 7.39. The number of carbonyl (C=O) groups is 2. The molecular formula is C48H42Cl4F2N6O6. The Morgan fingerprint density at radius 1 is 0.697 bits per heavy atom. The standard InChI is InChI=1S/C48H42Cl4F2N6O6/c1-5-39(61)55-31-19-25(53)10-14-27(31)47-29-13-9-24(18-34(29)58-59-47)42-45(51)37(65-4)22-38(46(42)52)66-16-6-7-40(62)56-32-20-26(54)11-15-28(32)48-30-12-8-23(17-33(30)57-60-48)41-43(49)35(63-2)21-36(64-3)44(41)50/h5-7,10-11,14-15,19-24H,1,8-9,12-13,16-18H2,2-4H3,(H,55,61)(H,56,62)(H,57,60)(H,58,59)/b7-6+/t23-,24+/m1/s1. The fraction of sp³-hybridized carbons (Fsp3) is 0.250. The molecule has 2 aromatic heterocycles. The van der Waals surface area contributed by atoms with Crippen LogP contribution in [0.5, 0.6) is 23.0 Å². The number of anilines is 2. The summed E-state index contributed by atoms with van der Waals surface area (Å²) in [7, 11) is 4.55. The molecule has 0 spiro atoms. The van der Waals surface area contributed by atoms with Gasteiger partial charge in [0.1, 0.15) is 41.2 Å². The lowest BCUT2D eigenvalue weighted by Gasteiger charge is -2.26. The Balaban J connectivity index is 0.954. The summed E-state index contributed by atoms with van der Waals surface area (Å²) in [6, 6.07) is 11.5. The summed E-state index contributed by atoms with van der Waals surface area (Å²) in [5, 5.41) is 22.3. The molecule has 2 amide bonds. The molecule has 2 atom stereocenters. The van der Waals surface area contributed by atoms with Crippen LogP contribution >= 0.6 is 46.4 Å². The normalized spacial score (nSPS) is 15.5. The molecule has 0 unspecified atom stereocenters. The van der Waals surface area contributed by atoms with Crippen LogP contribution in [0.1, 0.15) is 58.3 Å². The summed E-state index contributed by atoms with van der Waals surface area (Å²) < 4.78 is 51.6. The molecule has 2 aliphatic carbocycles. The zero-order valence-corrected chi connectivity index (χ0v) is 38.8. The monoisotopic (exact) mass is 976 g/mol. The maximum absolute atomic E-state index is 14.7. The van der Waals surface area contributed by atoms with Crippen molar-refractivity contribution in [3.63, 3.8) is 0 Å². The van der Waals surface area contributed by atoms with E-state index in [9.17, 15) is 18.4 Å². The Hall–Kier alpha value is -6.06. The molecule has 342 valence electrons. The molecule has 4 aromatic carbocycles. The Morgan fingerprint density at radius 2 is 1.14 bits per heavy atom. The lowest BCUT2D eigenvalue weighted by Crippen LogP contribution is -2.15. The number of fused-ring (bicyclic) bond motifs is 2. The number of aromatic nitrogens is 4. The number of hydrogen-bond donors (Lipinski definition) is 4. The maximum Gasteiger partial charge on any atom is 0.248 e. The number of benzene rings is 4. The van der Waals surface area contributed by atoms with E-state index in [2.05, 4.69) is 37.6 Å². The minimum atomic E-state index is -0.539. The molecule has 2 aliphatic rings. The summed E-state index contributed by atoms with van der Waals surface area (Å²) in [6.45, 7) is 3.42. The van der Waals surface area contributed by atoms with Crippen LogP contribution in [0.2, 0.25) is 20.1 Å². The summed E-state index contributed by atoms with van der Waals surface area (Å²) >= 11 is 27.4. The molecule has 0 bridgehead atoms. The minimum Gasteiger partial charge on any atom is -0.495 e. The van der Waals surface area contributed by atoms with E-state index in [1.54, 1.807) is 24.3 Å². The number of methoxy groups -OCH3 is 3. The van der Waals surface area contributed by atoms with E-state index in [1.165, 1.54) is 57.7 Å². The van der Waals surface area contributed by atoms with Crippen LogP contribution in [0.3, 0.4) is 0 Å². The van der Waals surface area contributed by atoms with E-state index in [4.69, 9.17) is 65.4 Å². The largest absolute Gasteiger partial charge is 0.495 e. The summed E-state index contributed by atoms with van der Waals surface area (Å²) in [5.74, 6) is -0.743. The molecular weight excluding hydrogens is 936 g/mol. The van der Waals surface area contributed by atoms with Gasteiger partial charge in [-0.3, -0.25) is 19.8 Å². The topological polar surface area (TPSA) is 152 Å². The van der Waals surface area contributed by atoms with Crippen molar-refractivity contribution < 1.29 is 37.3 Å². The first-order chi connectivity index (χ1) is 31.8. The van der Waals surface area contributed by atoms with Gasteiger partial charge in [0.25, 0.3) is 0 Å². The zero-order chi connectivity index (χ0) is 46.8. The smallest absolute Gasteiger partial charge is 0.248 e. The van der Waals surface area contributed by atoms with Gasteiger partial charge < -0.3 is 29.6 Å². The van der Waals surface area contributed by atoms with E-state index < -0.39 is 23.4 Å². The van der Waals surface area contributed by atoms with Gasteiger partial charge in [-0.05, 0) is 98.9 Å². The van der Waals surface area contributed by atoms with E-state index >= 15 is 0 Å². The van der Waals surface area contributed by atoms with Gasteiger partial charge in [0.05, 0.1) is 64.2 Å². The number of nitrogens with zero attached hydrogens (tertiary/aromatic N) is 2. The van der Waals surface area contributed by atoms with Gasteiger partial charge in [-0.25, -0.2) is 8.78 Å². The first-order valence-corrected chi connectivity index (χ1v) is 22.3. The van der Waals surface area contributed by atoms with E-state index in [-0.39, 0.29) is 40.6 Å². The zero-order valence-electron chi connectivity index (χ0n) is 35.8. The van der Waals surface area contributed by atoms with Crippen molar-refractivity contribution in [1.29, 1.82) is 0 Å². The first kappa shape index (κ1) is 46.5. The quantitative estimate of drug-likeness (QED) is 0.0787. The molecule has 18 heteroatoms. The lowest BCUT2D eigenvalue weighted by molar-refractivity contribution is -0.112. The Kier molecular flexibility index (Phi) is 13.9. The summed E-state index contributed by atoms with van der Waals surface area (Å²) in [5.41, 5.74) is 7.70. The van der Waals surface area contributed by atoms with Gasteiger partial charge in [-0.15, -0.1) is 0 Å². The van der Waals surface area contributed by atoms with Crippen LogP contribution in [0.15, 0.2) is 73.3 Å². The molecule has 12 nitrogen and oxygen atoms in total. The van der Waals surface area contributed by atoms with Gasteiger partial charge in [-0.1, -0.05) is 53.0 Å². The van der Waals surface area contributed by atoms with Crippen LogP contribution in [0, 0.1) is 11.6 Å². The van der Waals surface area contributed by atoms with Gasteiger partial charge in [0, 0.05) is 63.0 Å². The maximum atomic E-state index is 14.7. The van der Waals surface area contributed by atoms with E-state index in [0.29, 0.717) is 98.9 Å². The first-order valence-electron chi connectivity index (χ1n) is 20.7. The number of amides is 2. The Morgan fingerprint density at radius 3 is 1.59 bits per heavy atom. The van der Waals surface area contributed by atoms with Crippen molar-refractivity contribution in [2.45, 2.75) is 50.4 Å². The van der Waals surface area contributed by atoms with Crippen LogP contribution in [0.4, 0.5) is 20.2 Å². The highest BCUT2D eigenvalue weighted by atomic mass is 35.5. The predicted molar refractivity (Wildman–Crippen MR) is 252 cm³/mol. The SMILES string of the molecule is C=CC(=O)Nc1cc(F)ccc1-c1n[nH]c2c1CC[C@H](c1c(Cl)c(OC)cc(OC/C=C/C(=O)Nc3cc(F)ccc3-c3n[nH]c4c3CC[C@@H](c3c(Cl)c(OC)cc(OC)c3Cl)C4)c1Cl)C2. The highest BCUT2D eigenvalue weighted by molar-refractivity contribution is 6.38. The molecule has 4 N–H and O–H groups in total. The Labute approximate surface area is 398 Å². The highest BCUT2D eigenvalue weighted by Gasteiger charge is 2.33. The van der Waals surface area contributed by atoms with Crippen molar-refractivity contribution in [2.75, 3.05) is 38.6 Å². The second-order valence-electron chi connectivity index (χ2n) is 15.7. The number of hydrogen-bond acceptors (Lipinski definition) is 8. The van der Waals surface area contributed by atoms with Crippen molar-refractivity contribution in [2.24, 2.45) is 0 Å². The van der Waals surface area contributed by atoms with Gasteiger partial charge in [-0.2, -0.15) is 10.2 Å². The van der Waals surface area contributed by atoms with Crippen molar-refractivity contribution in [3.05, 3.63) is 139 Å². The number of halogens is 6. The predicted octanol–water partition coefficient (Wildman–Crippen LogP) is 11.6. The lowest BCUT2D eigenvalue weighted by atomic mass is 9.81. The van der Waals surface area contributed by atoms with Crippen LogP contribution < -0.4 is 29.6 Å². The van der Waals surface area contributed by atoms with Gasteiger partial charge >= 0.3 is 0 Å². The number of aromatic amines is 2. The van der Waals surface area contributed by atoms with Crippen LogP contribution in [0.25, 0.3) is 22.5 Å². The van der Waals surface area contributed by atoms with Crippen molar-refractivity contribution in [3.8, 4) is 45.5 Å². The van der Waals surface area contributed by atoms with E-state index in [1.807, 2.05) is 0 Å². The molecule has 2 heterocycles. The molecule has 8 rings (SSSR count).